The van der Waals surface area contributed by atoms with E-state index in [1.807, 2.05) is 0 Å². The number of esters is 4. The van der Waals surface area contributed by atoms with Gasteiger partial charge >= 0.3 is 23.9 Å². The summed E-state index contributed by atoms with van der Waals surface area (Å²) >= 11 is 31.9. The standard InChI is InChI=1S/C101H161Cl5O23/c102-45-77(107)50-112-78-27-9-64(10-28-78)95(67-15-33-81(34-16-67)115-53-89(48-105)128-100(110)75-5-7-76(8-6-75)101(111)129-90(49-106)54-116-82-35-17-68(18-36-82)97(71-23-41-85(42-24-71)119-57-93-61-123-93)72-25-43-86(44-26-72)120-58-94-62-124-94)66-13-31-80(32-14-66)114-52-88(47-104)127-99(109)74-3-1-73(2-4-74)98(108)126-63-125-87(46-103)51-113-79-29-11-65(12-30-79)96(69-19-37-83(38-20-69)117-55-91-59-121-91)70-21-39-84(40-22-70)118-56-92-60-122-92/h64-97,107H,1-63H2. The number of halogens is 5. The number of carbonyl (C=O) groups excluding carboxylic acids is 4. The van der Waals surface area contributed by atoms with E-state index < -0.39 is 30.5 Å². The molecule has 4 heterocycles. The Balaban J connectivity index is 0.433. The molecule has 4 saturated heterocycles. The van der Waals surface area contributed by atoms with E-state index in [0.29, 0.717) is 148 Å². The smallest absolute Gasteiger partial charge is 0.311 e. The maximum atomic E-state index is 13.8. The SMILES string of the molecule is O=C(OCOC(CCl)COC1CCC(C(C2CCC(OCC3CO3)CC2)C2CCC(OCC3CO3)CC2)CC1)C1CCC(C(=O)OC(CCl)COC2CCC(C(C3CCC(OCC(O)CCl)CC3)C3CCC(OCC(CCl)OC(=O)C4CCC(C(=O)OC(CCl)COC5CCC(C(C6CCC(OCC7CO7)CC6)C6CCC(OCC7CO7)CC6)CC5)CC4)CC3)CC2)CC1. The molecule has 0 aromatic rings. The van der Waals surface area contributed by atoms with Crippen molar-refractivity contribution in [1.29, 1.82) is 0 Å². The van der Waals surface area contributed by atoms with Crippen molar-refractivity contribution < 1.29 is 110 Å². The van der Waals surface area contributed by atoms with Gasteiger partial charge in [-0.15, -0.1) is 58.0 Å². The summed E-state index contributed by atoms with van der Waals surface area (Å²) in [6.07, 6.45) is 44.4. The highest BCUT2D eigenvalue weighted by atomic mass is 35.5. The lowest BCUT2D eigenvalue weighted by atomic mass is 9.61. The van der Waals surface area contributed by atoms with E-state index in [-0.39, 0.29) is 141 Å². The molecular weight excluding hydrogens is 1760 g/mol. The normalized spacial score (nSPS) is 38.1. The molecule has 0 aromatic carbocycles. The fraction of sp³-hybridized carbons (Fsp3) is 0.960. The third kappa shape index (κ3) is 32.7. The molecule has 10 unspecified atom stereocenters. The number of aliphatic hydroxyl groups excluding tert-OH is 1. The van der Waals surface area contributed by atoms with Crippen molar-refractivity contribution in [2.45, 2.75) is 392 Å². The third-order valence-electron chi connectivity index (χ3n) is 33.7. The van der Waals surface area contributed by atoms with Gasteiger partial charge in [-0.25, -0.2) is 0 Å². The lowest BCUT2D eigenvalue weighted by Gasteiger charge is -2.46. The molecule has 738 valence electrons. The first-order valence-electron chi connectivity index (χ1n) is 52.0. The molecule has 15 rings (SSSR count). The summed E-state index contributed by atoms with van der Waals surface area (Å²) < 4.78 is 109. The van der Waals surface area contributed by atoms with Crippen molar-refractivity contribution in [3.63, 3.8) is 0 Å². The zero-order valence-electron chi connectivity index (χ0n) is 77.5. The number of hydrogen-bond acceptors (Lipinski definition) is 23. The Labute approximate surface area is 795 Å². The van der Waals surface area contributed by atoms with E-state index in [4.69, 9.17) is 143 Å². The Hall–Kier alpha value is -1.27. The molecule has 0 amide bonds. The van der Waals surface area contributed by atoms with Crippen molar-refractivity contribution >= 4 is 81.9 Å². The second-order valence-electron chi connectivity index (χ2n) is 42.5. The topological polar surface area (TPSA) is 268 Å². The second-order valence-corrected chi connectivity index (χ2v) is 44.0. The molecule has 15 aliphatic rings. The monoisotopic (exact) mass is 1920 g/mol. The lowest BCUT2D eigenvalue weighted by molar-refractivity contribution is -0.171. The van der Waals surface area contributed by atoms with Gasteiger partial charge in [-0.3, -0.25) is 19.2 Å². The van der Waals surface area contributed by atoms with Gasteiger partial charge in [0.15, 0.2) is 6.79 Å². The highest BCUT2D eigenvalue weighted by molar-refractivity contribution is 6.19. The Morgan fingerprint density at radius 2 is 0.442 bits per heavy atom. The highest BCUT2D eigenvalue weighted by Crippen LogP contribution is 2.53. The summed E-state index contributed by atoms with van der Waals surface area (Å²) in [5.41, 5.74) is 0. The van der Waals surface area contributed by atoms with Gasteiger partial charge in [-0.1, -0.05) is 0 Å². The molecular formula is C101H161Cl5O23. The lowest BCUT2D eigenvalue weighted by Crippen LogP contribution is -2.40. The largest absolute Gasteiger partial charge is 0.458 e. The van der Waals surface area contributed by atoms with Crippen molar-refractivity contribution in [3.8, 4) is 0 Å². The van der Waals surface area contributed by atoms with Gasteiger partial charge in [-0.2, -0.15) is 0 Å². The van der Waals surface area contributed by atoms with E-state index in [1.54, 1.807) is 0 Å². The molecule has 1 N–H and O–H groups in total. The second kappa shape index (κ2) is 53.4. The summed E-state index contributed by atoms with van der Waals surface area (Å²) in [7, 11) is 0. The van der Waals surface area contributed by atoms with Gasteiger partial charge in [0, 0.05) is 0 Å². The summed E-state index contributed by atoms with van der Waals surface area (Å²) in [5.74, 6) is 6.20. The van der Waals surface area contributed by atoms with Crippen molar-refractivity contribution in [2.24, 2.45) is 94.7 Å². The molecule has 0 aromatic heterocycles. The van der Waals surface area contributed by atoms with E-state index in [9.17, 15) is 24.3 Å². The number of carbonyl (C=O) groups is 4. The minimum Gasteiger partial charge on any atom is -0.458 e. The van der Waals surface area contributed by atoms with Gasteiger partial charge in [-0.05, 0) is 354 Å². The molecule has 0 bridgehead atoms. The van der Waals surface area contributed by atoms with Crippen LogP contribution in [0, 0.1) is 94.7 Å². The molecule has 129 heavy (non-hydrogen) atoms. The fourth-order valence-corrected chi connectivity index (χ4v) is 26.5. The number of epoxide rings is 4. The van der Waals surface area contributed by atoms with Gasteiger partial charge < -0.3 is 90.4 Å². The minimum absolute atomic E-state index is 0.0338. The molecule has 28 heteroatoms. The zero-order valence-corrected chi connectivity index (χ0v) is 81.3. The number of aliphatic hydroxyl groups is 1. The van der Waals surface area contributed by atoms with Crippen molar-refractivity contribution in [1.82, 2.24) is 0 Å². The number of ether oxygens (including phenoxy) is 18. The van der Waals surface area contributed by atoms with E-state index >= 15 is 0 Å². The third-order valence-corrected chi connectivity index (χ3v) is 35.4. The van der Waals surface area contributed by atoms with Crippen LogP contribution in [0.4, 0.5) is 0 Å². The Bertz CT molecular complexity index is 3110. The average molecular weight is 1920 g/mol. The minimum atomic E-state index is -0.672. The van der Waals surface area contributed by atoms with Crippen molar-refractivity contribution in [2.75, 3.05) is 122 Å². The van der Waals surface area contributed by atoms with Crippen LogP contribution in [0.1, 0.15) is 283 Å². The first-order valence-corrected chi connectivity index (χ1v) is 54.7. The molecule has 15 fully saturated rings. The summed E-state index contributed by atoms with van der Waals surface area (Å²) in [6, 6.07) is 0. The number of hydrogen-bond donors (Lipinski definition) is 1. The zero-order chi connectivity index (χ0) is 89.2. The van der Waals surface area contributed by atoms with Gasteiger partial charge in [0.05, 0.1) is 206 Å². The van der Waals surface area contributed by atoms with E-state index in [2.05, 4.69) is 0 Å². The Kier molecular flexibility index (Phi) is 42.3. The van der Waals surface area contributed by atoms with Crippen molar-refractivity contribution in [3.05, 3.63) is 0 Å². The average Bonchev–Trinajstić information content (AvgIpc) is 1.25. The van der Waals surface area contributed by atoms with Crippen LogP contribution in [-0.4, -0.2) is 261 Å². The predicted octanol–water partition coefficient (Wildman–Crippen LogP) is 18.4. The van der Waals surface area contributed by atoms with Crippen LogP contribution in [0.25, 0.3) is 0 Å². The van der Waals surface area contributed by atoms with Crippen LogP contribution >= 0.6 is 58.0 Å². The number of rotatable bonds is 51. The van der Waals surface area contributed by atoms with Gasteiger partial charge in [0.25, 0.3) is 0 Å². The van der Waals surface area contributed by atoms with Crippen LogP contribution in [0.2, 0.25) is 0 Å². The maximum absolute atomic E-state index is 13.8. The van der Waals surface area contributed by atoms with Crippen LogP contribution in [0.5, 0.6) is 0 Å². The van der Waals surface area contributed by atoms with Gasteiger partial charge in [0.2, 0.25) is 0 Å². The van der Waals surface area contributed by atoms with Crippen LogP contribution < -0.4 is 0 Å². The molecule has 0 radical (unpaired) electrons. The molecule has 4 aliphatic heterocycles. The number of alkyl halides is 5. The summed E-state index contributed by atoms with van der Waals surface area (Å²) in [5, 5.41) is 10.2. The first kappa shape index (κ1) is 102. The predicted molar refractivity (Wildman–Crippen MR) is 491 cm³/mol. The molecule has 11 saturated carbocycles. The van der Waals surface area contributed by atoms with Crippen LogP contribution in [0.15, 0.2) is 0 Å². The van der Waals surface area contributed by atoms with Crippen LogP contribution in [-0.2, 0) is 104 Å². The van der Waals surface area contributed by atoms with Gasteiger partial charge in [0.1, 0.15) is 42.7 Å². The highest BCUT2D eigenvalue weighted by Gasteiger charge is 2.48. The summed E-state index contributed by atoms with van der Waals surface area (Å²) in [6.45, 7) is 7.46. The molecule has 10 atom stereocenters. The molecule has 0 spiro atoms. The van der Waals surface area contributed by atoms with E-state index in [1.165, 1.54) is 64.2 Å². The quantitative estimate of drug-likeness (QED) is 0.0195. The summed E-state index contributed by atoms with van der Waals surface area (Å²) in [4.78, 5) is 54.7. The van der Waals surface area contributed by atoms with E-state index in [0.717, 1.165) is 249 Å². The molecule has 23 nitrogen and oxygen atoms in total. The Morgan fingerprint density at radius 1 is 0.248 bits per heavy atom. The maximum Gasteiger partial charge on any atom is 0.311 e. The molecule has 11 aliphatic carbocycles. The first-order chi connectivity index (χ1) is 63.1. The Morgan fingerprint density at radius 3 is 0.643 bits per heavy atom. The van der Waals surface area contributed by atoms with Crippen LogP contribution in [0.3, 0.4) is 0 Å². The fourth-order valence-electron chi connectivity index (χ4n) is 25.8.